The molecule has 21 heavy (non-hydrogen) atoms. The summed E-state index contributed by atoms with van der Waals surface area (Å²) in [7, 11) is 2.79. The number of carboxylic acid groups (broad SMARTS) is 1. The quantitative estimate of drug-likeness (QED) is 0.586. The minimum Gasteiger partial charge on any atom is -0.493 e. The number of nitrogens with zero attached hydrogens (tertiary/aromatic N) is 1. The molecule has 0 fully saturated rings. The smallest absolute Gasteiger partial charge is 0.305 e. The molecule has 0 radical (unpaired) electrons. The summed E-state index contributed by atoms with van der Waals surface area (Å²) in [5.74, 6) is -0.460. The molecule has 1 aromatic rings. The zero-order valence-electron chi connectivity index (χ0n) is 12.3. The molecule has 0 aliphatic rings. The summed E-state index contributed by atoms with van der Waals surface area (Å²) in [5, 5.41) is 22.9. The van der Waals surface area contributed by atoms with Gasteiger partial charge in [-0.15, -0.1) is 0 Å². The molecule has 0 bridgehead atoms. The van der Waals surface area contributed by atoms with Gasteiger partial charge in [-0.3, -0.25) is 14.9 Å². The Morgan fingerprint density at radius 1 is 1.33 bits per heavy atom. The molecule has 0 amide bonds. The lowest BCUT2D eigenvalue weighted by Crippen LogP contribution is -2.33. The van der Waals surface area contributed by atoms with Crippen molar-refractivity contribution >= 4 is 17.3 Å². The fourth-order valence-corrected chi connectivity index (χ4v) is 1.91. The number of nitrogens with one attached hydrogen (secondary N) is 1. The Kier molecular flexibility index (Phi) is 4.96. The first-order chi connectivity index (χ1) is 9.70. The fraction of sp³-hybridized carbons (Fsp3) is 0.462. The van der Waals surface area contributed by atoms with Crippen LogP contribution in [-0.2, 0) is 4.79 Å². The summed E-state index contributed by atoms with van der Waals surface area (Å²) in [6, 6.07) is 2.65. The van der Waals surface area contributed by atoms with E-state index in [4.69, 9.17) is 14.6 Å². The fourth-order valence-electron chi connectivity index (χ4n) is 1.91. The van der Waals surface area contributed by atoms with Crippen LogP contribution in [0.1, 0.15) is 20.3 Å². The molecule has 0 atom stereocenters. The number of nitro groups is 1. The molecule has 116 valence electrons. The van der Waals surface area contributed by atoms with Gasteiger partial charge in [-0.05, 0) is 13.8 Å². The van der Waals surface area contributed by atoms with Crippen LogP contribution in [0.15, 0.2) is 12.1 Å². The van der Waals surface area contributed by atoms with Gasteiger partial charge in [0, 0.05) is 11.6 Å². The summed E-state index contributed by atoms with van der Waals surface area (Å²) < 4.78 is 10.1. The van der Waals surface area contributed by atoms with E-state index in [0.29, 0.717) is 5.75 Å². The van der Waals surface area contributed by atoms with Gasteiger partial charge in [-0.25, -0.2) is 0 Å². The normalized spacial score (nSPS) is 10.9. The monoisotopic (exact) mass is 298 g/mol. The van der Waals surface area contributed by atoms with Gasteiger partial charge < -0.3 is 19.9 Å². The van der Waals surface area contributed by atoms with Crippen molar-refractivity contribution in [2.24, 2.45) is 0 Å². The number of hydrogen-bond acceptors (Lipinski definition) is 6. The van der Waals surface area contributed by atoms with Crippen LogP contribution in [0.25, 0.3) is 0 Å². The molecule has 0 spiro atoms. The minimum atomic E-state index is -1.00. The van der Waals surface area contributed by atoms with E-state index in [-0.39, 0.29) is 23.5 Å². The number of nitro benzene ring substituents is 1. The van der Waals surface area contributed by atoms with Gasteiger partial charge in [-0.2, -0.15) is 0 Å². The van der Waals surface area contributed by atoms with Crippen molar-refractivity contribution in [2.75, 3.05) is 19.5 Å². The molecule has 8 heteroatoms. The Morgan fingerprint density at radius 2 is 1.86 bits per heavy atom. The number of carboxylic acids is 1. The maximum atomic E-state index is 11.2. The largest absolute Gasteiger partial charge is 0.493 e. The molecule has 0 saturated heterocycles. The standard InChI is InChI=1S/C13H18N2O6/c1-13(2,7-12(16)17)14-8-5-10(20-3)11(21-4)6-9(8)15(18)19/h5-6,14H,7H2,1-4H3,(H,16,17). The molecule has 0 saturated carbocycles. The first kappa shape index (κ1) is 16.5. The molecule has 0 heterocycles. The first-order valence-corrected chi connectivity index (χ1v) is 6.10. The molecule has 0 aliphatic heterocycles. The average molecular weight is 298 g/mol. The molecular formula is C13H18N2O6. The number of benzene rings is 1. The molecule has 0 unspecified atom stereocenters. The van der Waals surface area contributed by atoms with Gasteiger partial charge in [-0.1, -0.05) is 0 Å². The predicted octanol–water partition coefficient (Wildman–Crippen LogP) is 2.28. The van der Waals surface area contributed by atoms with Gasteiger partial charge in [0.15, 0.2) is 11.5 Å². The molecule has 0 aliphatic carbocycles. The van der Waals surface area contributed by atoms with Gasteiger partial charge in [0.25, 0.3) is 5.69 Å². The highest BCUT2D eigenvalue weighted by molar-refractivity contribution is 5.72. The van der Waals surface area contributed by atoms with E-state index in [1.54, 1.807) is 13.8 Å². The third-order valence-corrected chi connectivity index (χ3v) is 2.76. The van der Waals surface area contributed by atoms with Gasteiger partial charge in [0.1, 0.15) is 5.69 Å². The summed E-state index contributed by atoms with van der Waals surface area (Å²) >= 11 is 0. The van der Waals surface area contributed by atoms with Gasteiger partial charge in [0.2, 0.25) is 0 Å². The lowest BCUT2D eigenvalue weighted by molar-refractivity contribution is -0.384. The Balaban J connectivity index is 3.26. The van der Waals surface area contributed by atoms with Crippen LogP contribution in [0.2, 0.25) is 0 Å². The van der Waals surface area contributed by atoms with E-state index in [2.05, 4.69) is 5.32 Å². The van der Waals surface area contributed by atoms with Crippen molar-refractivity contribution in [1.29, 1.82) is 0 Å². The van der Waals surface area contributed by atoms with Crippen molar-refractivity contribution in [3.63, 3.8) is 0 Å². The highest BCUT2D eigenvalue weighted by Gasteiger charge is 2.27. The number of anilines is 1. The Bertz CT molecular complexity index is 556. The van der Waals surface area contributed by atoms with E-state index < -0.39 is 16.4 Å². The minimum absolute atomic E-state index is 0.170. The Hall–Kier alpha value is -2.51. The number of carbonyl (C=O) groups is 1. The van der Waals surface area contributed by atoms with Crippen LogP contribution >= 0.6 is 0 Å². The number of methoxy groups -OCH3 is 2. The second kappa shape index (κ2) is 6.29. The lowest BCUT2D eigenvalue weighted by atomic mass is 10.00. The van der Waals surface area contributed by atoms with E-state index in [1.165, 1.54) is 26.4 Å². The van der Waals surface area contributed by atoms with E-state index in [1.807, 2.05) is 0 Å². The lowest BCUT2D eigenvalue weighted by Gasteiger charge is -2.25. The number of hydrogen-bond donors (Lipinski definition) is 2. The number of rotatable bonds is 7. The maximum absolute atomic E-state index is 11.2. The van der Waals surface area contributed by atoms with Gasteiger partial charge >= 0.3 is 5.97 Å². The van der Waals surface area contributed by atoms with Crippen molar-refractivity contribution in [3.8, 4) is 11.5 Å². The van der Waals surface area contributed by atoms with E-state index in [9.17, 15) is 14.9 Å². The zero-order valence-corrected chi connectivity index (χ0v) is 12.3. The van der Waals surface area contributed by atoms with Crippen LogP contribution in [0.3, 0.4) is 0 Å². The molecule has 1 rings (SSSR count). The van der Waals surface area contributed by atoms with Crippen LogP contribution in [0.5, 0.6) is 11.5 Å². The van der Waals surface area contributed by atoms with Crippen molar-refractivity contribution < 1.29 is 24.3 Å². The summed E-state index contributed by atoms with van der Waals surface area (Å²) in [6.07, 6.45) is -0.196. The van der Waals surface area contributed by atoms with Crippen LogP contribution in [0.4, 0.5) is 11.4 Å². The number of ether oxygens (including phenoxy) is 2. The molecule has 1 aromatic carbocycles. The van der Waals surface area contributed by atoms with E-state index in [0.717, 1.165) is 0 Å². The molecule has 8 nitrogen and oxygen atoms in total. The maximum Gasteiger partial charge on any atom is 0.305 e. The Morgan fingerprint density at radius 3 is 2.29 bits per heavy atom. The summed E-state index contributed by atoms with van der Waals surface area (Å²) in [5.41, 5.74) is -0.911. The number of aliphatic carboxylic acids is 1. The predicted molar refractivity (Wildman–Crippen MR) is 76.2 cm³/mol. The Labute approximate surface area is 121 Å². The molecular weight excluding hydrogens is 280 g/mol. The topological polar surface area (TPSA) is 111 Å². The SMILES string of the molecule is COc1cc(NC(C)(C)CC(=O)O)c([N+](=O)[O-])cc1OC. The van der Waals surface area contributed by atoms with Crippen molar-refractivity contribution in [2.45, 2.75) is 25.8 Å². The van der Waals surface area contributed by atoms with Crippen LogP contribution in [-0.4, -0.2) is 35.8 Å². The van der Waals surface area contributed by atoms with Crippen LogP contribution in [0, 0.1) is 10.1 Å². The second-order valence-electron chi connectivity index (χ2n) is 5.06. The summed E-state index contributed by atoms with van der Waals surface area (Å²) in [4.78, 5) is 21.4. The third-order valence-electron chi connectivity index (χ3n) is 2.76. The van der Waals surface area contributed by atoms with Crippen molar-refractivity contribution in [1.82, 2.24) is 0 Å². The van der Waals surface area contributed by atoms with Crippen molar-refractivity contribution in [3.05, 3.63) is 22.2 Å². The van der Waals surface area contributed by atoms with Gasteiger partial charge in [0.05, 0.1) is 31.6 Å². The second-order valence-corrected chi connectivity index (χ2v) is 5.06. The first-order valence-electron chi connectivity index (χ1n) is 6.10. The zero-order chi connectivity index (χ0) is 16.2. The molecule has 0 aromatic heterocycles. The highest BCUT2D eigenvalue weighted by Crippen LogP contribution is 2.38. The third kappa shape index (κ3) is 4.23. The summed E-state index contributed by atoms with van der Waals surface area (Å²) in [6.45, 7) is 3.28. The molecule has 2 N–H and O–H groups in total. The highest BCUT2D eigenvalue weighted by atomic mass is 16.6. The van der Waals surface area contributed by atoms with E-state index >= 15 is 0 Å². The average Bonchev–Trinajstić information content (AvgIpc) is 2.35. The van der Waals surface area contributed by atoms with Crippen LogP contribution < -0.4 is 14.8 Å².